The summed E-state index contributed by atoms with van der Waals surface area (Å²) in [6.45, 7) is 2.08. The van der Waals surface area contributed by atoms with Gasteiger partial charge < -0.3 is 13.9 Å². The van der Waals surface area contributed by atoms with Gasteiger partial charge in [0, 0.05) is 10.9 Å². The molecule has 1 aromatic heterocycles. The summed E-state index contributed by atoms with van der Waals surface area (Å²) < 4.78 is 16.4. The summed E-state index contributed by atoms with van der Waals surface area (Å²) >= 11 is 0. The van der Waals surface area contributed by atoms with Crippen LogP contribution in [0.15, 0.2) is 34.9 Å². The molecule has 0 radical (unpaired) electrons. The van der Waals surface area contributed by atoms with Gasteiger partial charge in [0.2, 0.25) is 0 Å². The second-order valence-corrected chi connectivity index (χ2v) is 5.41. The van der Waals surface area contributed by atoms with Crippen LogP contribution in [0.5, 0.6) is 0 Å². The number of para-hydroxylation sites is 1. The van der Waals surface area contributed by atoms with E-state index in [0.29, 0.717) is 26.4 Å². The first-order valence-electron chi connectivity index (χ1n) is 6.35. The Labute approximate surface area is 110 Å². The fourth-order valence-corrected chi connectivity index (χ4v) is 3.10. The average molecular weight is 255 g/mol. The summed E-state index contributed by atoms with van der Waals surface area (Å²) in [4.78, 5) is 0. The quantitative estimate of drug-likeness (QED) is 0.825. The van der Waals surface area contributed by atoms with Crippen molar-refractivity contribution in [2.45, 2.75) is 5.41 Å². The highest BCUT2D eigenvalue weighted by Gasteiger charge is 2.63. The van der Waals surface area contributed by atoms with Crippen molar-refractivity contribution < 1.29 is 13.9 Å². The van der Waals surface area contributed by atoms with Gasteiger partial charge in [0.05, 0.1) is 44.2 Å². The van der Waals surface area contributed by atoms with E-state index in [1.54, 1.807) is 6.26 Å². The van der Waals surface area contributed by atoms with Crippen molar-refractivity contribution in [3.05, 3.63) is 36.1 Å². The fourth-order valence-electron chi connectivity index (χ4n) is 3.10. The number of furan rings is 1. The van der Waals surface area contributed by atoms with E-state index < -0.39 is 5.41 Å². The zero-order chi connectivity index (χ0) is 12.9. The van der Waals surface area contributed by atoms with Crippen molar-refractivity contribution in [1.29, 1.82) is 5.26 Å². The minimum absolute atomic E-state index is 0.285. The summed E-state index contributed by atoms with van der Waals surface area (Å²) in [6, 6.07) is 10.4. The number of benzene rings is 1. The summed E-state index contributed by atoms with van der Waals surface area (Å²) in [6.07, 6.45) is 1.78. The van der Waals surface area contributed by atoms with Crippen LogP contribution in [0.4, 0.5) is 0 Å². The lowest BCUT2D eigenvalue weighted by atomic mass is 9.58. The van der Waals surface area contributed by atoms with E-state index in [4.69, 9.17) is 13.9 Å². The van der Waals surface area contributed by atoms with Crippen LogP contribution in [0, 0.1) is 16.7 Å². The number of fused-ring (bicyclic) bond motifs is 1. The molecule has 2 fully saturated rings. The van der Waals surface area contributed by atoms with Gasteiger partial charge in [-0.25, -0.2) is 0 Å². The number of hydrogen-bond acceptors (Lipinski definition) is 4. The highest BCUT2D eigenvalue weighted by Crippen LogP contribution is 2.53. The maximum Gasteiger partial charge on any atom is 0.134 e. The zero-order valence-corrected chi connectivity index (χ0v) is 10.4. The largest absolute Gasteiger partial charge is 0.464 e. The van der Waals surface area contributed by atoms with Crippen LogP contribution in [0.1, 0.15) is 5.56 Å². The second-order valence-electron chi connectivity index (χ2n) is 5.41. The molecule has 0 saturated carbocycles. The molecule has 0 spiro atoms. The number of ether oxygens (including phenoxy) is 2. The van der Waals surface area contributed by atoms with Crippen molar-refractivity contribution in [1.82, 2.24) is 0 Å². The van der Waals surface area contributed by atoms with Crippen LogP contribution >= 0.6 is 0 Å². The van der Waals surface area contributed by atoms with E-state index in [1.807, 2.05) is 24.3 Å². The zero-order valence-electron chi connectivity index (χ0n) is 10.4. The third-order valence-electron chi connectivity index (χ3n) is 4.52. The monoisotopic (exact) mass is 255 g/mol. The first-order chi connectivity index (χ1) is 9.31. The molecular formula is C15H13NO3. The lowest BCUT2D eigenvalue weighted by molar-refractivity contribution is -0.201. The van der Waals surface area contributed by atoms with Gasteiger partial charge in [0.1, 0.15) is 11.0 Å². The maximum atomic E-state index is 9.59. The predicted octanol–water partition coefficient (Wildman–Crippen LogP) is 2.24. The van der Waals surface area contributed by atoms with E-state index in [-0.39, 0.29) is 5.41 Å². The van der Waals surface area contributed by atoms with Crippen LogP contribution in [0.2, 0.25) is 0 Å². The van der Waals surface area contributed by atoms with Crippen LogP contribution in [-0.4, -0.2) is 26.4 Å². The summed E-state index contributed by atoms with van der Waals surface area (Å²) in [7, 11) is 0. The Bertz CT molecular complexity index is 674. The van der Waals surface area contributed by atoms with Crippen LogP contribution < -0.4 is 0 Å². The minimum Gasteiger partial charge on any atom is -0.464 e. The lowest BCUT2D eigenvalue weighted by Gasteiger charge is -2.55. The van der Waals surface area contributed by atoms with Crippen molar-refractivity contribution in [3.63, 3.8) is 0 Å². The molecule has 0 aliphatic carbocycles. The van der Waals surface area contributed by atoms with Crippen molar-refractivity contribution in [3.8, 4) is 6.07 Å². The molecular weight excluding hydrogens is 242 g/mol. The third kappa shape index (κ3) is 1.19. The molecule has 2 aliphatic rings. The smallest absolute Gasteiger partial charge is 0.134 e. The minimum atomic E-state index is -0.474. The summed E-state index contributed by atoms with van der Waals surface area (Å²) in [5.74, 6) is 0. The fraction of sp³-hybridized carbons (Fsp3) is 0.400. The second kappa shape index (κ2) is 3.60. The van der Waals surface area contributed by atoms with Crippen molar-refractivity contribution in [2.75, 3.05) is 26.4 Å². The van der Waals surface area contributed by atoms with Crippen LogP contribution in [0.25, 0.3) is 11.0 Å². The summed E-state index contributed by atoms with van der Waals surface area (Å²) in [5.41, 5.74) is 1.18. The Hall–Kier alpha value is -1.83. The third-order valence-corrected chi connectivity index (χ3v) is 4.52. The van der Waals surface area contributed by atoms with E-state index >= 15 is 0 Å². The normalized spacial score (nSPS) is 23.3. The molecule has 0 bridgehead atoms. The Morgan fingerprint density at radius 3 is 2.37 bits per heavy atom. The van der Waals surface area contributed by atoms with E-state index in [9.17, 15) is 5.26 Å². The van der Waals surface area contributed by atoms with Gasteiger partial charge in [-0.1, -0.05) is 18.2 Å². The van der Waals surface area contributed by atoms with Crippen molar-refractivity contribution >= 4 is 11.0 Å². The Morgan fingerprint density at radius 2 is 1.79 bits per heavy atom. The van der Waals surface area contributed by atoms with E-state index in [2.05, 4.69) is 6.07 Å². The molecule has 2 aliphatic heterocycles. The Kier molecular flexibility index (Phi) is 2.09. The lowest BCUT2D eigenvalue weighted by Crippen LogP contribution is -2.66. The van der Waals surface area contributed by atoms with Gasteiger partial charge in [-0.05, 0) is 6.07 Å². The molecule has 2 saturated heterocycles. The van der Waals surface area contributed by atoms with Gasteiger partial charge >= 0.3 is 0 Å². The van der Waals surface area contributed by atoms with Crippen LogP contribution in [-0.2, 0) is 14.9 Å². The molecule has 0 unspecified atom stereocenters. The molecule has 4 nitrogen and oxygen atoms in total. The first kappa shape index (κ1) is 11.0. The molecule has 19 heavy (non-hydrogen) atoms. The number of nitriles is 1. The number of hydrogen-bond donors (Lipinski definition) is 0. The van der Waals surface area contributed by atoms with Gasteiger partial charge in [-0.2, -0.15) is 5.26 Å². The van der Waals surface area contributed by atoms with Gasteiger partial charge in [0.25, 0.3) is 0 Å². The average Bonchev–Trinajstić information content (AvgIpc) is 2.75. The highest BCUT2D eigenvalue weighted by molar-refractivity contribution is 5.82. The SMILES string of the molecule is N#CC1(C2(c3coc4ccccc34)COC2)COC1. The number of rotatable bonds is 2. The highest BCUT2D eigenvalue weighted by atomic mass is 16.5. The Balaban J connectivity index is 1.92. The van der Waals surface area contributed by atoms with Gasteiger partial charge in [0.15, 0.2) is 0 Å². The molecule has 96 valence electrons. The molecule has 4 heteroatoms. The van der Waals surface area contributed by atoms with E-state index in [1.165, 1.54) is 0 Å². The summed E-state index contributed by atoms with van der Waals surface area (Å²) in [5, 5.41) is 10.7. The standard InChI is InChI=1S/C15H13NO3/c16-6-14(7-17-8-14)15(9-18-10-15)12-5-19-13-4-2-1-3-11(12)13/h1-5H,7-10H2. The Morgan fingerprint density at radius 1 is 1.05 bits per heavy atom. The van der Waals surface area contributed by atoms with Crippen LogP contribution in [0.3, 0.4) is 0 Å². The van der Waals surface area contributed by atoms with Gasteiger partial charge in [-0.15, -0.1) is 0 Å². The molecule has 0 N–H and O–H groups in total. The molecule has 1 aromatic carbocycles. The molecule has 0 atom stereocenters. The molecule has 3 heterocycles. The predicted molar refractivity (Wildman–Crippen MR) is 67.6 cm³/mol. The van der Waals surface area contributed by atoms with E-state index in [0.717, 1.165) is 16.5 Å². The molecule has 2 aromatic rings. The number of nitrogens with zero attached hydrogens (tertiary/aromatic N) is 1. The maximum absolute atomic E-state index is 9.59. The van der Waals surface area contributed by atoms with Crippen molar-refractivity contribution in [2.24, 2.45) is 5.41 Å². The molecule has 4 rings (SSSR count). The van der Waals surface area contributed by atoms with Gasteiger partial charge in [-0.3, -0.25) is 0 Å². The first-order valence-corrected chi connectivity index (χ1v) is 6.35. The topological polar surface area (TPSA) is 55.4 Å². The molecule has 0 amide bonds.